The van der Waals surface area contributed by atoms with E-state index >= 15 is 0 Å². The first-order valence-electron chi connectivity index (χ1n) is 10.6. The van der Waals surface area contributed by atoms with E-state index in [1.807, 2.05) is 17.0 Å². The average Bonchev–Trinajstić information content (AvgIpc) is 3.22. The summed E-state index contributed by atoms with van der Waals surface area (Å²) in [7, 11) is 0. The van der Waals surface area contributed by atoms with Gasteiger partial charge in [0.1, 0.15) is 23.0 Å². The number of carbonyl (C=O) groups is 1. The van der Waals surface area contributed by atoms with Crippen molar-refractivity contribution in [2.45, 2.75) is 37.8 Å². The molecule has 1 fully saturated rings. The highest BCUT2D eigenvalue weighted by atomic mass is 32.1. The number of carbonyl (C=O) groups excluding carboxylic acids is 1. The van der Waals surface area contributed by atoms with Crippen molar-refractivity contribution in [2.24, 2.45) is 0 Å². The van der Waals surface area contributed by atoms with E-state index in [9.17, 15) is 4.79 Å². The SMILES string of the molecule is C=CN(C=C)C(=O)Oc1cccc2sc3ncnc(OC4CCC(N(C=C)C=N)CC4)c3c12. The van der Waals surface area contributed by atoms with Crippen LogP contribution in [0, 0.1) is 5.41 Å². The Balaban J connectivity index is 1.64. The molecule has 1 amide bonds. The van der Waals surface area contributed by atoms with Crippen molar-refractivity contribution in [2.75, 3.05) is 0 Å². The molecule has 170 valence electrons. The molecule has 3 aromatic rings. The van der Waals surface area contributed by atoms with Crippen LogP contribution in [0.5, 0.6) is 11.6 Å². The predicted molar refractivity (Wildman–Crippen MR) is 131 cm³/mol. The first-order chi connectivity index (χ1) is 16.1. The molecular formula is C24H25N5O3S. The molecule has 0 atom stereocenters. The zero-order chi connectivity index (χ0) is 23.4. The van der Waals surface area contributed by atoms with Crippen LogP contribution in [0.2, 0.25) is 0 Å². The fourth-order valence-electron chi connectivity index (χ4n) is 4.06. The summed E-state index contributed by atoms with van der Waals surface area (Å²) in [6, 6.07) is 5.78. The highest BCUT2D eigenvalue weighted by Crippen LogP contribution is 2.42. The van der Waals surface area contributed by atoms with Gasteiger partial charge >= 0.3 is 6.09 Å². The minimum Gasteiger partial charge on any atom is -0.474 e. The summed E-state index contributed by atoms with van der Waals surface area (Å²) in [4.78, 5) is 25.1. The van der Waals surface area contributed by atoms with Gasteiger partial charge in [0.2, 0.25) is 5.88 Å². The number of amides is 1. The molecule has 0 aliphatic heterocycles. The van der Waals surface area contributed by atoms with E-state index in [2.05, 4.69) is 29.7 Å². The molecule has 0 bridgehead atoms. The largest absolute Gasteiger partial charge is 0.474 e. The van der Waals surface area contributed by atoms with Gasteiger partial charge in [-0.3, -0.25) is 10.3 Å². The topological polar surface area (TPSA) is 91.6 Å². The van der Waals surface area contributed by atoms with E-state index in [0.29, 0.717) is 11.6 Å². The maximum absolute atomic E-state index is 12.5. The maximum atomic E-state index is 12.5. The summed E-state index contributed by atoms with van der Waals surface area (Å²) in [5, 5.41) is 9.00. The first kappa shape index (κ1) is 22.5. The van der Waals surface area contributed by atoms with E-state index in [1.165, 1.54) is 41.3 Å². The zero-order valence-corrected chi connectivity index (χ0v) is 19.0. The predicted octanol–water partition coefficient (Wildman–Crippen LogP) is 5.67. The third-order valence-corrected chi connectivity index (χ3v) is 6.79. The van der Waals surface area contributed by atoms with Gasteiger partial charge in [-0.2, -0.15) is 0 Å². The van der Waals surface area contributed by atoms with Crippen molar-refractivity contribution in [1.82, 2.24) is 19.8 Å². The smallest absolute Gasteiger partial charge is 0.423 e. The normalized spacial score (nSPS) is 17.8. The monoisotopic (exact) mass is 463 g/mol. The summed E-state index contributed by atoms with van der Waals surface area (Å²) in [5.74, 6) is 0.878. The highest BCUT2D eigenvalue weighted by Gasteiger charge is 2.27. The number of nitrogens with one attached hydrogen (secondary N) is 1. The minimum atomic E-state index is -0.609. The van der Waals surface area contributed by atoms with Crippen LogP contribution in [0.4, 0.5) is 4.79 Å². The van der Waals surface area contributed by atoms with Gasteiger partial charge < -0.3 is 14.4 Å². The lowest BCUT2D eigenvalue weighted by molar-refractivity contribution is 0.124. The number of aromatic nitrogens is 2. The van der Waals surface area contributed by atoms with Gasteiger partial charge in [0, 0.05) is 23.1 Å². The van der Waals surface area contributed by atoms with Crippen LogP contribution in [0.25, 0.3) is 20.3 Å². The number of hydrogen-bond acceptors (Lipinski definition) is 7. The fraction of sp³-hybridized carbons (Fsp3) is 0.250. The number of nitrogens with zero attached hydrogens (tertiary/aromatic N) is 4. The van der Waals surface area contributed by atoms with E-state index in [-0.39, 0.29) is 12.1 Å². The van der Waals surface area contributed by atoms with Crippen molar-refractivity contribution < 1.29 is 14.3 Å². The Morgan fingerprint density at radius 3 is 2.52 bits per heavy atom. The zero-order valence-electron chi connectivity index (χ0n) is 18.1. The Hall–Kier alpha value is -3.72. The van der Waals surface area contributed by atoms with Crippen LogP contribution >= 0.6 is 11.3 Å². The number of fused-ring (bicyclic) bond motifs is 3. The molecule has 4 rings (SSSR count). The second-order valence-corrected chi connectivity index (χ2v) is 8.57. The average molecular weight is 464 g/mol. The molecule has 0 spiro atoms. The van der Waals surface area contributed by atoms with E-state index in [1.54, 1.807) is 12.3 Å². The van der Waals surface area contributed by atoms with Gasteiger partial charge in [0.25, 0.3) is 0 Å². The molecule has 0 saturated heterocycles. The van der Waals surface area contributed by atoms with Gasteiger partial charge in [-0.1, -0.05) is 25.8 Å². The summed E-state index contributed by atoms with van der Waals surface area (Å²) >= 11 is 1.49. The van der Waals surface area contributed by atoms with E-state index in [0.717, 1.165) is 46.0 Å². The summed E-state index contributed by atoms with van der Waals surface area (Å²) in [5.41, 5.74) is 0. The molecule has 2 heterocycles. The van der Waals surface area contributed by atoms with Crippen LogP contribution in [0.1, 0.15) is 25.7 Å². The van der Waals surface area contributed by atoms with Crippen LogP contribution in [-0.2, 0) is 0 Å². The molecule has 1 N–H and O–H groups in total. The summed E-state index contributed by atoms with van der Waals surface area (Å²) in [6.45, 7) is 11.0. The minimum absolute atomic E-state index is 0.00145. The van der Waals surface area contributed by atoms with Gasteiger partial charge in [0.15, 0.2) is 0 Å². The van der Waals surface area contributed by atoms with Crippen molar-refractivity contribution in [3.8, 4) is 11.6 Å². The molecule has 1 saturated carbocycles. The number of ether oxygens (including phenoxy) is 2. The van der Waals surface area contributed by atoms with Crippen LogP contribution in [0.15, 0.2) is 62.9 Å². The van der Waals surface area contributed by atoms with Crippen LogP contribution in [-0.4, -0.2) is 44.3 Å². The van der Waals surface area contributed by atoms with Crippen LogP contribution in [0.3, 0.4) is 0 Å². The third kappa shape index (κ3) is 4.45. The van der Waals surface area contributed by atoms with Crippen molar-refractivity contribution in [1.29, 1.82) is 5.41 Å². The van der Waals surface area contributed by atoms with Crippen molar-refractivity contribution in [3.63, 3.8) is 0 Å². The Kier molecular flexibility index (Phi) is 6.69. The quantitative estimate of drug-likeness (QED) is 0.342. The van der Waals surface area contributed by atoms with Gasteiger partial charge in [0.05, 0.1) is 17.1 Å². The first-order valence-corrected chi connectivity index (χ1v) is 11.4. The molecule has 0 unspecified atom stereocenters. The van der Waals surface area contributed by atoms with Crippen LogP contribution < -0.4 is 9.47 Å². The molecule has 1 aliphatic rings. The van der Waals surface area contributed by atoms with Gasteiger partial charge in [-0.25, -0.2) is 14.8 Å². The lowest BCUT2D eigenvalue weighted by atomic mass is 9.92. The molecule has 33 heavy (non-hydrogen) atoms. The van der Waals surface area contributed by atoms with Crippen molar-refractivity contribution >= 4 is 44.1 Å². The Morgan fingerprint density at radius 1 is 1.09 bits per heavy atom. The Labute approximate surface area is 196 Å². The molecule has 1 aliphatic carbocycles. The molecule has 0 radical (unpaired) electrons. The molecule has 8 nitrogen and oxygen atoms in total. The second-order valence-electron chi connectivity index (χ2n) is 7.54. The maximum Gasteiger partial charge on any atom is 0.423 e. The molecule has 9 heteroatoms. The summed E-state index contributed by atoms with van der Waals surface area (Å²) in [6.07, 6.45) is 10.0. The van der Waals surface area contributed by atoms with Gasteiger partial charge in [-0.15, -0.1) is 11.3 Å². The van der Waals surface area contributed by atoms with Crippen molar-refractivity contribution in [3.05, 3.63) is 62.9 Å². The highest BCUT2D eigenvalue weighted by molar-refractivity contribution is 7.25. The number of hydrogen-bond donors (Lipinski definition) is 1. The number of thiophene rings is 1. The lowest BCUT2D eigenvalue weighted by Crippen LogP contribution is -2.36. The summed E-state index contributed by atoms with van der Waals surface area (Å²) < 4.78 is 12.9. The lowest BCUT2D eigenvalue weighted by Gasteiger charge is -2.33. The Morgan fingerprint density at radius 2 is 1.85 bits per heavy atom. The van der Waals surface area contributed by atoms with Gasteiger partial charge in [-0.05, 0) is 44.0 Å². The fourth-order valence-corrected chi connectivity index (χ4v) is 5.11. The second kappa shape index (κ2) is 9.83. The molecule has 2 aromatic heterocycles. The standard InChI is InChI=1S/C24H25N5O3S/c1-4-28(5-2)24(30)32-18-8-7-9-19-20(18)21-22(26-15-27-23(21)33-19)31-17-12-10-16(11-13-17)29(6-3)14-25/h4-9,14-17,25H,1-3,10-13H2. The molecule has 1 aromatic carbocycles. The number of rotatable bonds is 8. The van der Waals surface area contributed by atoms with E-state index in [4.69, 9.17) is 14.9 Å². The molecular weight excluding hydrogens is 438 g/mol. The third-order valence-electron chi connectivity index (χ3n) is 5.73. The number of benzene rings is 1. The Bertz CT molecular complexity index is 1200. The van der Waals surface area contributed by atoms with E-state index < -0.39 is 6.09 Å².